The molecule has 2 rings (SSSR count). The van der Waals surface area contributed by atoms with Gasteiger partial charge in [-0.25, -0.2) is 13.2 Å². The molecule has 0 aliphatic carbocycles. The second kappa shape index (κ2) is 5.54. The van der Waals surface area contributed by atoms with E-state index in [-0.39, 0.29) is 5.56 Å². The summed E-state index contributed by atoms with van der Waals surface area (Å²) in [5.74, 6) is -5.23. The van der Waals surface area contributed by atoms with Crippen molar-refractivity contribution >= 4 is 33.2 Å². The molecule has 3 N–H and O–H groups in total. The minimum atomic E-state index is -1.62. The number of carbonyl (C=O) groups is 1. The van der Waals surface area contributed by atoms with Crippen LogP contribution < -0.4 is 11.1 Å². The monoisotopic (exact) mass is 344 g/mol. The van der Waals surface area contributed by atoms with E-state index >= 15 is 0 Å². The van der Waals surface area contributed by atoms with Gasteiger partial charge in [-0.3, -0.25) is 4.79 Å². The highest BCUT2D eigenvalue weighted by Crippen LogP contribution is 2.25. The lowest BCUT2D eigenvalue weighted by Gasteiger charge is -2.08. The molecule has 1 amide bonds. The van der Waals surface area contributed by atoms with E-state index in [4.69, 9.17) is 5.73 Å². The Labute approximate surface area is 120 Å². The van der Waals surface area contributed by atoms with E-state index < -0.39 is 23.4 Å². The van der Waals surface area contributed by atoms with E-state index in [1.165, 1.54) is 6.07 Å². The highest BCUT2D eigenvalue weighted by Gasteiger charge is 2.15. The number of benzene rings is 2. The summed E-state index contributed by atoms with van der Waals surface area (Å²) in [4.78, 5) is 11.8. The Kier molecular flexibility index (Phi) is 3.99. The summed E-state index contributed by atoms with van der Waals surface area (Å²) in [5, 5.41) is 2.43. The van der Waals surface area contributed by atoms with Crippen LogP contribution >= 0.6 is 15.9 Å². The largest absolute Gasteiger partial charge is 0.399 e. The number of halogens is 4. The molecule has 3 nitrogen and oxygen atoms in total. The molecular formula is C13H8BrF3N2O. The fourth-order valence-electron chi connectivity index (χ4n) is 1.51. The van der Waals surface area contributed by atoms with Crippen LogP contribution in [0.3, 0.4) is 0 Å². The molecule has 2 aromatic carbocycles. The first-order valence-corrected chi connectivity index (χ1v) is 6.18. The number of nitrogens with one attached hydrogen (secondary N) is 1. The molecule has 0 fully saturated rings. The summed E-state index contributed by atoms with van der Waals surface area (Å²) in [6, 6.07) is 5.87. The highest BCUT2D eigenvalue weighted by molar-refractivity contribution is 9.10. The maximum Gasteiger partial charge on any atom is 0.255 e. The average Bonchev–Trinajstić information content (AvgIpc) is 2.38. The van der Waals surface area contributed by atoms with Crippen molar-refractivity contribution in [2.24, 2.45) is 0 Å². The van der Waals surface area contributed by atoms with Gasteiger partial charge in [0.2, 0.25) is 0 Å². The molecule has 0 unspecified atom stereocenters. The van der Waals surface area contributed by atoms with Crippen LogP contribution in [0.15, 0.2) is 34.8 Å². The standard InChI is InChI=1S/C13H8BrF3N2O/c14-8-5-7(18)1-2-11(8)19-13(20)6-3-9(15)12(17)10(16)4-6/h1-5H,18H2,(H,19,20). The topological polar surface area (TPSA) is 55.1 Å². The molecule has 0 saturated heterocycles. The van der Waals surface area contributed by atoms with Gasteiger partial charge in [0.05, 0.1) is 5.69 Å². The Morgan fingerprint density at radius 2 is 1.70 bits per heavy atom. The molecule has 0 aliphatic heterocycles. The Balaban J connectivity index is 2.28. The number of anilines is 2. The predicted octanol–water partition coefficient (Wildman–Crippen LogP) is 3.70. The maximum atomic E-state index is 13.1. The first-order chi connectivity index (χ1) is 9.38. The molecule has 0 aliphatic rings. The van der Waals surface area contributed by atoms with Crippen LogP contribution in [-0.2, 0) is 0 Å². The zero-order chi connectivity index (χ0) is 14.9. The van der Waals surface area contributed by atoms with Crippen LogP contribution in [0.2, 0.25) is 0 Å². The molecule has 2 aromatic rings. The van der Waals surface area contributed by atoms with Crippen LogP contribution in [0.1, 0.15) is 10.4 Å². The van der Waals surface area contributed by atoms with Gasteiger partial charge in [0, 0.05) is 15.7 Å². The Bertz CT molecular complexity index is 668. The van der Waals surface area contributed by atoms with Crippen molar-refractivity contribution in [3.63, 3.8) is 0 Å². The second-order valence-electron chi connectivity index (χ2n) is 3.95. The minimum Gasteiger partial charge on any atom is -0.399 e. The zero-order valence-corrected chi connectivity index (χ0v) is 11.5. The molecule has 104 valence electrons. The number of rotatable bonds is 2. The highest BCUT2D eigenvalue weighted by atomic mass is 79.9. The van der Waals surface area contributed by atoms with Crippen molar-refractivity contribution in [2.45, 2.75) is 0 Å². The number of carbonyl (C=O) groups excluding carboxylic acids is 1. The Morgan fingerprint density at radius 1 is 1.10 bits per heavy atom. The maximum absolute atomic E-state index is 13.1. The summed E-state index contributed by atoms with van der Waals surface area (Å²) < 4.78 is 39.4. The number of hydrogen-bond acceptors (Lipinski definition) is 2. The van der Waals surface area contributed by atoms with Crippen LogP contribution in [0.25, 0.3) is 0 Å². The van der Waals surface area contributed by atoms with Gasteiger partial charge in [-0.2, -0.15) is 0 Å². The molecule has 0 atom stereocenters. The lowest BCUT2D eigenvalue weighted by atomic mass is 10.2. The quantitative estimate of drug-likeness (QED) is 0.644. The fourth-order valence-corrected chi connectivity index (χ4v) is 2.01. The summed E-state index contributed by atoms with van der Waals surface area (Å²) in [6.07, 6.45) is 0. The predicted molar refractivity (Wildman–Crippen MR) is 72.8 cm³/mol. The number of nitrogens with two attached hydrogens (primary N) is 1. The van der Waals surface area contributed by atoms with E-state index in [1.807, 2.05) is 0 Å². The van der Waals surface area contributed by atoms with Crippen LogP contribution in [-0.4, -0.2) is 5.91 Å². The fraction of sp³-hybridized carbons (Fsp3) is 0. The van der Waals surface area contributed by atoms with E-state index in [1.54, 1.807) is 12.1 Å². The molecular weight excluding hydrogens is 337 g/mol. The van der Waals surface area contributed by atoms with E-state index in [2.05, 4.69) is 21.2 Å². The molecule has 0 heterocycles. The van der Waals surface area contributed by atoms with Gasteiger partial charge in [-0.15, -0.1) is 0 Å². The first-order valence-electron chi connectivity index (χ1n) is 5.39. The van der Waals surface area contributed by atoms with Gasteiger partial charge >= 0.3 is 0 Å². The zero-order valence-electron chi connectivity index (χ0n) is 9.88. The summed E-state index contributed by atoms with van der Waals surface area (Å²) in [7, 11) is 0. The number of nitrogen functional groups attached to an aromatic ring is 1. The second-order valence-corrected chi connectivity index (χ2v) is 4.80. The van der Waals surface area contributed by atoms with Crippen LogP contribution in [0.5, 0.6) is 0 Å². The molecule has 0 radical (unpaired) electrons. The minimum absolute atomic E-state index is 0.329. The molecule has 0 spiro atoms. The van der Waals surface area contributed by atoms with Crippen molar-refractivity contribution in [3.8, 4) is 0 Å². The van der Waals surface area contributed by atoms with Gasteiger partial charge in [0.15, 0.2) is 17.5 Å². The average molecular weight is 345 g/mol. The van der Waals surface area contributed by atoms with Crippen molar-refractivity contribution in [2.75, 3.05) is 11.1 Å². The molecule has 0 bridgehead atoms. The third-order valence-corrected chi connectivity index (χ3v) is 3.14. The van der Waals surface area contributed by atoms with Gasteiger partial charge < -0.3 is 11.1 Å². The molecule has 7 heteroatoms. The number of amides is 1. The summed E-state index contributed by atoms with van der Waals surface area (Å²) in [6.45, 7) is 0. The van der Waals surface area contributed by atoms with Crippen molar-refractivity contribution < 1.29 is 18.0 Å². The van der Waals surface area contributed by atoms with Crippen molar-refractivity contribution in [1.82, 2.24) is 0 Å². The normalized spacial score (nSPS) is 10.4. The third kappa shape index (κ3) is 2.93. The van der Waals surface area contributed by atoms with Gasteiger partial charge in [-0.1, -0.05) is 0 Å². The van der Waals surface area contributed by atoms with E-state index in [0.717, 1.165) is 0 Å². The Morgan fingerprint density at radius 3 is 2.25 bits per heavy atom. The first kappa shape index (κ1) is 14.4. The molecule has 0 saturated carbocycles. The molecule has 0 aromatic heterocycles. The number of hydrogen-bond donors (Lipinski definition) is 2. The molecule has 20 heavy (non-hydrogen) atoms. The van der Waals surface area contributed by atoms with Gasteiger partial charge in [0.25, 0.3) is 5.91 Å². The van der Waals surface area contributed by atoms with E-state index in [9.17, 15) is 18.0 Å². The van der Waals surface area contributed by atoms with Crippen molar-refractivity contribution in [3.05, 3.63) is 57.8 Å². The smallest absolute Gasteiger partial charge is 0.255 e. The lowest BCUT2D eigenvalue weighted by Crippen LogP contribution is -2.13. The van der Waals surface area contributed by atoms with Crippen LogP contribution in [0, 0.1) is 17.5 Å². The van der Waals surface area contributed by atoms with Gasteiger partial charge in [-0.05, 0) is 46.3 Å². The van der Waals surface area contributed by atoms with Gasteiger partial charge in [0.1, 0.15) is 0 Å². The summed E-state index contributed by atoms with van der Waals surface area (Å²) in [5.41, 5.74) is 6.06. The Hall–Kier alpha value is -2.02. The van der Waals surface area contributed by atoms with Crippen molar-refractivity contribution in [1.29, 1.82) is 0 Å². The SMILES string of the molecule is Nc1ccc(NC(=O)c2cc(F)c(F)c(F)c2)c(Br)c1. The lowest BCUT2D eigenvalue weighted by molar-refractivity contribution is 0.102. The van der Waals surface area contributed by atoms with Crippen LogP contribution in [0.4, 0.5) is 24.5 Å². The summed E-state index contributed by atoms with van der Waals surface area (Å²) >= 11 is 3.19. The third-order valence-electron chi connectivity index (χ3n) is 2.49. The van der Waals surface area contributed by atoms with E-state index in [0.29, 0.717) is 28.0 Å².